The molecule has 1 aliphatic heterocycles. The summed E-state index contributed by atoms with van der Waals surface area (Å²) in [6, 6.07) is 17.7. The van der Waals surface area contributed by atoms with E-state index in [0.29, 0.717) is 11.7 Å². The fourth-order valence-corrected chi connectivity index (χ4v) is 5.03. The van der Waals surface area contributed by atoms with Gasteiger partial charge in [-0.1, -0.05) is 48.2 Å². The average molecular weight is 449 g/mol. The molecule has 1 aliphatic rings. The SMILES string of the molecule is C=CCn1c(S[C@@H](C(=O)N2CCCCC2)c2ccccc2)nnc1-c1ccc(OC)cc1. The van der Waals surface area contributed by atoms with Crippen molar-refractivity contribution in [1.29, 1.82) is 0 Å². The molecule has 6 nitrogen and oxygen atoms in total. The van der Waals surface area contributed by atoms with Crippen molar-refractivity contribution in [3.05, 3.63) is 72.8 Å². The Balaban J connectivity index is 1.67. The van der Waals surface area contributed by atoms with Crippen molar-refractivity contribution in [2.24, 2.45) is 0 Å². The lowest BCUT2D eigenvalue weighted by atomic mass is 10.1. The number of amides is 1. The van der Waals surface area contributed by atoms with Crippen LogP contribution in [-0.4, -0.2) is 45.8 Å². The smallest absolute Gasteiger partial charge is 0.240 e. The summed E-state index contributed by atoms with van der Waals surface area (Å²) < 4.78 is 7.28. The number of nitrogens with zero attached hydrogens (tertiary/aromatic N) is 4. The number of aromatic nitrogens is 3. The highest BCUT2D eigenvalue weighted by molar-refractivity contribution is 8.00. The van der Waals surface area contributed by atoms with Crippen molar-refractivity contribution < 1.29 is 9.53 Å². The topological polar surface area (TPSA) is 60.2 Å². The van der Waals surface area contributed by atoms with Crippen LogP contribution in [0.2, 0.25) is 0 Å². The number of piperidine rings is 1. The second-order valence-electron chi connectivity index (χ2n) is 7.73. The first-order chi connectivity index (χ1) is 15.7. The number of ether oxygens (including phenoxy) is 1. The standard InChI is InChI=1S/C25H28N4O2S/c1-3-16-29-23(20-12-14-21(31-2)15-13-20)26-27-25(29)32-22(19-10-6-4-7-11-19)24(30)28-17-8-5-9-18-28/h3-4,6-7,10-15,22H,1,5,8-9,16-18H2,2H3/t22-/m1/s1. The van der Waals surface area contributed by atoms with Gasteiger partial charge in [0.25, 0.3) is 0 Å². The Hall–Kier alpha value is -3.06. The fourth-order valence-electron chi connectivity index (χ4n) is 3.90. The molecular formula is C25H28N4O2S. The molecule has 166 valence electrons. The molecule has 4 rings (SSSR count). The van der Waals surface area contributed by atoms with Gasteiger partial charge in [0, 0.05) is 25.2 Å². The van der Waals surface area contributed by atoms with Crippen molar-refractivity contribution in [3.63, 3.8) is 0 Å². The number of benzene rings is 2. The van der Waals surface area contributed by atoms with Crippen LogP contribution in [0.1, 0.15) is 30.1 Å². The molecule has 1 aromatic heterocycles. The molecule has 1 atom stereocenters. The second-order valence-corrected chi connectivity index (χ2v) is 8.80. The Bertz CT molecular complexity index is 1040. The highest BCUT2D eigenvalue weighted by atomic mass is 32.2. The number of methoxy groups -OCH3 is 1. The minimum absolute atomic E-state index is 0.139. The van der Waals surface area contributed by atoms with Crippen LogP contribution in [0.25, 0.3) is 11.4 Å². The third-order valence-corrected chi connectivity index (χ3v) is 6.82. The molecule has 0 unspecified atom stereocenters. The van der Waals surface area contributed by atoms with Gasteiger partial charge in [0.15, 0.2) is 11.0 Å². The Morgan fingerprint density at radius 2 is 1.81 bits per heavy atom. The molecule has 0 saturated carbocycles. The minimum atomic E-state index is -0.370. The van der Waals surface area contributed by atoms with Crippen LogP contribution in [0.3, 0.4) is 0 Å². The normalized spacial score (nSPS) is 14.7. The first kappa shape index (κ1) is 22.1. The summed E-state index contributed by atoms with van der Waals surface area (Å²) in [5.41, 5.74) is 1.91. The van der Waals surface area contributed by atoms with E-state index in [0.717, 1.165) is 48.6 Å². The van der Waals surface area contributed by atoms with Gasteiger partial charge in [-0.3, -0.25) is 9.36 Å². The van der Waals surface area contributed by atoms with Gasteiger partial charge in [-0.25, -0.2) is 0 Å². The molecule has 1 amide bonds. The number of hydrogen-bond acceptors (Lipinski definition) is 5. The highest BCUT2D eigenvalue weighted by Gasteiger charge is 2.30. The van der Waals surface area contributed by atoms with Crippen LogP contribution in [0, 0.1) is 0 Å². The van der Waals surface area contributed by atoms with Crippen molar-refractivity contribution in [2.45, 2.75) is 36.2 Å². The van der Waals surface area contributed by atoms with Crippen LogP contribution in [0.4, 0.5) is 0 Å². The van der Waals surface area contributed by atoms with Gasteiger partial charge in [0.05, 0.1) is 7.11 Å². The maximum atomic E-state index is 13.5. The monoisotopic (exact) mass is 448 g/mol. The van der Waals surface area contributed by atoms with Gasteiger partial charge in [-0.05, 0) is 49.1 Å². The van der Waals surface area contributed by atoms with E-state index in [-0.39, 0.29) is 11.2 Å². The van der Waals surface area contributed by atoms with Crippen LogP contribution in [0.15, 0.2) is 72.4 Å². The molecule has 0 spiro atoms. The quantitative estimate of drug-likeness (QED) is 0.359. The molecule has 1 saturated heterocycles. The molecule has 2 heterocycles. The van der Waals surface area contributed by atoms with Gasteiger partial charge in [0.2, 0.25) is 5.91 Å². The molecule has 1 fully saturated rings. The summed E-state index contributed by atoms with van der Waals surface area (Å²) in [4.78, 5) is 15.5. The maximum Gasteiger partial charge on any atom is 0.240 e. The van der Waals surface area contributed by atoms with E-state index in [1.54, 1.807) is 7.11 Å². The van der Waals surface area contributed by atoms with Gasteiger partial charge in [-0.2, -0.15) is 0 Å². The Labute approximate surface area is 193 Å². The van der Waals surface area contributed by atoms with Crippen LogP contribution >= 0.6 is 11.8 Å². The van der Waals surface area contributed by atoms with Crippen LogP contribution in [-0.2, 0) is 11.3 Å². The molecular weight excluding hydrogens is 420 g/mol. The number of carbonyl (C=O) groups is 1. The van der Waals surface area contributed by atoms with E-state index in [1.807, 2.05) is 70.1 Å². The zero-order chi connectivity index (χ0) is 22.3. The zero-order valence-corrected chi connectivity index (χ0v) is 19.1. The number of thioether (sulfide) groups is 1. The largest absolute Gasteiger partial charge is 0.497 e. The lowest BCUT2D eigenvalue weighted by molar-refractivity contribution is -0.131. The van der Waals surface area contributed by atoms with E-state index >= 15 is 0 Å². The molecule has 0 aliphatic carbocycles. The predicted octanol–water partition coefficient (Wildman–Crippen LogP) is 4.99. The summed E-state index contributed by atoms with van der Waals surface area (Å²) >= 11 is 1.46. The summed E-state index contributed by atoms with van der Waals surface area (Å²) in [7, 11) is 1.65. The minimum Gasteiger partial charge on any atom is -0.497 e. The molecule has 7 heteroatoms. The average Bonchev–Trinajstić information content (AvgIpc) is 3.25. The molecule has 0 N–H and O–H groups in total. The van der Waals surface area contributed by atoms with Crippen molar-refractivity contribution in [2.75, 3.05) is 20.2 Å². The van der Waals surface area contributed by atoms with E-state index in [2.05, 4.69) is 16.8 Å². The number of hydrogen-bond donors (Lipinski definition) is 0. The Kier molecular flexibility index (Phi) is 7.27. The highest BCUT2D eigenvalue weighted by Crippen LogP contribution is 2.38. The Morgan fingerprint density at radius 1 is 1.09 bits per heavy atom. The molecule has 0 bridgehead atoms. The number of carbonyl (C=O) groups excluding carboxylic acids is 1. The molecule has 2 aromatic carbocycles. The summed E-state index contributed by atoms with van der Waals surface area (Å²) in [6.07, 6.45) is 5.13. The summed E-state index contributed by atoms with van der Waals surface area (Å²) in [5.74, 6) is 1.67. The zero-order valence-electron chi connectivity index (χ0n) is 18.3. The van der Waals surface area contributed by atoms with Crippen molar-refractivity contribution >= 4 is 17.7 Å². The summed E-state index contributed by atoms with van der Waals surface area (Å²) in [5, 5.41) is 9.26. The lowest BCUT2D eigenvalue weighted by Crippen LogP contribution is -2.38. The third-order valence-electron chi connectivity index (χ3n) is 5.59. The predicted molar refractivity (Wildman–Crippen MR) is 128 cm³/mol. The number of rotatable bonds is 8. The van der Waals surface area contributed by atoms with E-state index in [9.17, 15) is 4.79 Å². The summed E-state index contributed by atoms with van der Waals surface area (Å²) in [6.45, 7) is 6.09. The van der Waals surface area contributed by atoms with Gasteiger partial charge < -0.3 is 9.64 Å². The third kappa shape index (κ3) is 4.88. The van der Waals surface area contributed by atoms with Crippen molar-refractivity contribution in [3.8, 4) is 17.1 Å². The van der Waals surface area contributed by atoms with Crippen LogP contribution in [0.5, 0.6) is 5.75 Å². The van der Waals surface area contributed by atoms with Gasteiger partial charge >= 0.3 is 0 Å². The lowest BCUT2D eigenvalue weighted by Gasteiger charge is -2.30. The molecule has 32 heavy (non-hydrogen) atoms. The fraction of sp³-hybridized carbons (Fsp3) is 0.320. The Morgan fingerprint density at radius 3 is 2.47 bits per heavy atom. The number of likely N-dealkylation sites (tertiary alicyclic amines) is 1. The van der Waals surface area contributed by atoms with Crippen molar-refractivity contribution in [1.82, 2.24) is 19.7 Å². The van der Waals surface area contributed by atoms with E-state index < -0.39 is 0 Å². The maximum absolute atomic E-state index is 13.5. The van der Waals surface area contributed by atoms with Gasteiger partial charge in [0.1, 0.15) is 11.0 Å². The molecule has 0 radical (unpaired) electrons. The molecule has 3 aromatic rings. The second kappa shape index (κ2) is 10.5. The van der Waals surface area contributed by atoms with Crippen LogP contribution < -0.4 is 4.74 Å². The first-order valence-electron chi connectivity index (χ1n) is 10.9. The first-order valence-corrected chi connectivity index (χ1v) is 11.8. The van der Waals surface area contributed by atoms with E-state index in [4.69, 9.17) is 4.74 Å². The number of allylic oxidation sites excluding steroid dienone is 1. The van der Waals surface area contributed by atoms with Gasteiger partial charge in [-0.15, -0.1) is 16.8 Å². The van der Waals surface area contributed by atoms with E-state index in [1.165, 1.54) is 18.2 Å².